The van der Waals surface area contributed by atoms with Crippen LogP contribution in [0.2, 0.25) is 0 Å². The quantitative estimate of drug-likeness (QED) is 0.0729. The second-order valence-electron chi connectivity index (χ2n) is 24.0. The molecule has 2 amide bonds. The van der Waals surface area contributed by atoms with Gasteiger partial charge in [-0.05, 0) is 141 Å². The number of aryl methyl sites for hydroxylation is 4. The van der Waals surface area contributed by atoms with E-state index in [9.17, 15) is 38.1 Å². The molecule has 456 valence electrons. The standard InChI is InChI=1S/C34H50N5O6P.C26H34N5O6P.2Na/c1-23-30(24(2)39(37-23)22-43-46(42,44-33(3,4)5)45-34(6,7)8)26-17-15-25(16-18-26)21-29(40)31(27-13-11-10-12-14-27)36-32(41)28-19-20-35-38(28)9;1-17-24(18(2)31(29-17)16-37-38(34,35)36)20-11-9-19(10-12-20)15-23(32)25(21-7-5-4-6-8-21)28-26(33)22-13-14-27-30(22)3;;/h15-20,27,31H,10-14,21-22H2,1-9H3,(H,36,41);9-14,21,25H,4-8,15-16H2,1-3H3,(H,28,33)(H2,34,35,36);;/q;;2*+1/p-2/t31-;25-;;/m00../s1. The Balaban J connectivity index is 0.000000312. The number of nitrogens with one attached hydrogen (secondary N) is 2. The summed E-state index contributed by atoms with van der Waals surface area (Å²) in [6.07, 6.45) is 13.7. The van der Waals surface area contributed by atoms with Crippen LogP contribution >= 0.6 is 15.6 Å². The van der Waals surface area contributed by atoms with Crippen LogP contribution in [-0.4, -0.2) is 85.8 Å². The fourth-order valence-corrected chi connectivity index (χ4v) is 13.1. The zero-order valence-electron chi connectivity index (χ0n) is 52.5. The first kappa shape index (κ1) is 72.5. The number of carbonyl (C=O) groups excluding carboxylic acids is 4. The summed E-state index contributed by atoms with van der Waals surface area (Å²) in [6, 6.07) is 17.5. The molecule has 8 rings (SSSR count). The molecule has 0 saturated heterocycles. The molecule has 22 nitrogen and oxygen atoms in total. The number of amides is 2. The summed E-state index contributed by atoms with van der Waals surface area (Å²) in [5, 5.41) is 23.1. The largest absolute Gasteiger partial charge is 1.00 e. The first-order valence-electron chi connectivity index (χ1n) is 28.7. The predicted molar refractivity (Wildman–Crippen MR) is 313 cm³/mol. The second-order valence-corrected chi connectivity index (χ2v) is 26.6. The number of carbonyl (C=O) groups is 4. The van der Waals surface area contributed by atoms with Crippen molar-refractivity contribution in [3.05, 3.63) is 118 Å². The van der Waals surface area contributed by atoms with E-state index in [0.717, 1.165) is 109 Å². The third kappa shape index (κ3) is 20.4. The van der Waals surface area contributed by atoms with Crippen LogP contribution in [-0.2, 0) is 77.2 Å². The van der Waals surface area contributed by atoms with E-state index < -0.39 is 45.7 Å². The van der Waals surface area contributed by atoms with Gasteiger partial charge in [-0.15, -0.1) is 0 Å². The van der Waals surface area contributed by atoms with Crippen LogP contribution in [0, 0.1) is 39.5 Å². The van der Waals surface area contributed by atoms with Crippen molar-refractivity contribution in [3.8, 4) is 22.3 Å². The first-order chi connectivity index (χ1) is 39.5. The molecule has 2 aliphatic carbocycles. The molecule has 86 heavy (non-hydrogen) atoms. The minimum absolute atomic E-state index is 0. The van der Waals surface area contributed by atoms with Crippen molar-refractivity contribution in [2.75, 3.05) is 0 Å². The number of hydrogen-bond acceptors (Lipinski definition) is 16. The molecule has 0 bridgehead atoms. The average molecular weight is 1240 g/mol. The van der Waals surface area contributed by atoms with Gasteiger partial charge in [0.2, 0.25) is 0 Å². The molecular weight excluding hydrogens is 1160 g/mol. The Morgan fingerprint density at radius 2 is 0.919 bits per heavy atom. The van der Waals surface area contributed by atoms with Gasteiger partial charge in [0.25, 0.3) is 11.8 Å². The molecule has 4 aromatic heterocycles. The zero-order chi connectivity index (χ0) is 61.3. The molecule has 2 aliphatic rings. The third-order valence-electron chi connectivity index (χ3n) is 15.1. The Kier molecular flexibility index (Phi) is 26.6. The van der Waals surface area contributed by atoms with Crippen molar-refractivity contribution in [1.82, 2.24) is 49.8 Å². The number of hydrogen-bond donors (Lipinski definition) is 2. The fourth-order valence-electron chi connectivity index (χ4n) is 11.2. The molecule has 2 aromatic carbocycles. The van der Waals surface area contributed by atoms with Crippen LogP contribution in [0.15, 0.2) is 73.1 Å². The maximum atomic E-state index is 13.7. The maximum Gasteiger partial charge on any atom is 1.00 e. The number of benzene rings is 2. The van der Waals surface area contributed by atoms with Gasteiger partial charge in [-0.2, -0.15) is 20.4 Å². The van der Waals surface area contributed by atoms with Gasteiger partial charge in [-0.3, -0.25) is 42.1 Å². The Labute approximate surface area is 549 Å². The van der Waals surface area contributed by atoms with Crippen LogP contribution in [0.5, 0.6) is 0 Å². The number of nitrogens with zero attached hydrogens (tertiary/aromatic N) is 8. The smallest absolute Gasteiger partial charge is 0.790 e. The van der Waals surface area contributed by atoms with Crippen molar-refractivity contribution in [2.24, 2.45) is 25.9 Å². The summed E-state index contributed by atoms with van der Waals surface area (Å²) in [5.41, 5.74) is 7.44. The molecule has 2 N–H and O–H groups in total. The van der Waals surface area contributed by atoms with Gasteiger partial charge < -0.3 is 29.5 Å². The number of Topliss-reactive ketones (excluding diaryl/α,β-unsaturated/α-hetero) is 2. The maximum absolute atomic E-state index is 13.7. The molecule has 26 heteroatoms. The van der Waals surface area contributed by atoms with E-state index in [1.807, 2.05) is 62.4 Å². The van der Waals surface area contributed by atoms with E-state index >= 15 is 0 Å². The van der Waals surface area contributed by atoms with Gasteiger partial charge in [0.15, 0.2) is 18.3 Å². The molecule has 0 aliphatic heterocycles. The van der Waals surface area contributed by atoms with Gasteiger partial charge in [-0.1, -0.05) is 87.1 Å². The van der Waals surface area contributed by atoms with Crippen LogP contribution in [0.25, 0.3) is 22.3 Å². The summed E-state index contributed by atoms with van der Waals surface area (Å²) >= 11 is 0. The van der Waals surface area contributed by atoms with Gasteiger partial charge in [0, 0.05) is 61.8 Å². The Bertz CT molecular complexity index is 3330. The van der Waals surface area contributed by atoms with Crippen LogP contribution < -0.4 is 79.5 Å². The van der Waals surface area contributed by atoms with E-state index in [2.05, 4.69) is 35.6 Å². The normalized spacial score (nSPS) is 15.1. The number of aromatic nitrogens is 8. The zero-order valence-corrected chi connectivity index (χ0v) is 58.3. The van der Waals surface area contributed by atoms with E-state index in [0.29, 0.717) is 22.8 Å². The third-order valence-corrected chi connectivity index (χ3v) is 17.5. The predicted octanol–water partition coefficient (Wildman–Crippen LogP) is 3.31. The summed E-state index contributed by atoms with van der Waals surface area (Å²) < 4.78 is 52.0. The van der Waals surface area contributed by atoms with Crippen LogP contribution in [0.4, 0.5) is 0 Å². The monoisotopic (exact) mass is 1240 g/mol. The Morgan fingerprint density at radius 3 is 1.23 bits per heavy atom. The molecular formula is C60H82N10Na2O12P2. The topological polar surface area (TPSA) is 281 Å². The number of rotatable bonds is 22. The summed E-state index contributed by atoms with van der Waals surface area (Å²) in [4.78, 5) is 74.8. The van der Waals surface area contributed by atoms with Crippen LogP contribution in [0.1, 0.15) is 161 Å². The van der Waals surface area contributed by atoms with Crippen molar-refractivity contribution in [3.63, 3.8) is 0 Å². The van der Waals surface area contributed by atoms with E-state index in [1.54, 1.807) is 98.7 Å². The van der Waals surface area contributed by atoms with Gasteiger partial charge >= 0.3 is 66.9 Å². The molecule has 2 atom stereocenters. The van der Waals surface area contributed by atoms with Crippen molar-refractivity contribution in [2.45, 2.75) is 183 Å². The molecule has 0 spiro atoms. The molecule has 0 unspecified atom stereocenters. The minimum Gasteiger partial charge on any atom is -0.790 e. The Hall–Kier alpha value is -4.22. The SMILES string of the molecule is Cc1nn(COP(=O)(OC(C)(C)C)OC(C)(C)C)c(C)c1-c1ccc(CC(=O)[C@@H](NC(=O)c2ccnn2C)C2CCCCC2)cc1.Cc1nn(COP(=O)([O-])[O-])c(C)c1-c1ccc(CC(=O)[C@@H](NC(=O)c2ccnn2C)C2CCCCC2)cc1.[Na+].[Na+]. The van der Waals surface area contributed by atoms with E-state index in [-0.39, 0.29) is 114 Å². The molecule has 2 fully saturated rings. The van der Waals surface area contributed by atoms with Crippen molar-refractivity contribution in [1.29, 1.82) is 0 Å². The molecule has 0 radical (unpaired) electrons. The molecule has 6 aromatic rings. The summed E-state index contributed by atoms with van der Waals surface area (Å²) in [7, 11) is -5.62. The average Bonchev–Trinajstić information content (AvgIpc) is 3.67. The molecule has 4 heterocycles. The fraction of sp³-hybridized carbons (Fsp3) is 0.533. The van der Waals surface area contributed by atoms with Gasteiger partial charge in [-0.25, -0.2) is 13.9 Å². The van der Waals surface area contributed by atoms with E-state index in [1.165, 1.54) is 14.0 Å². The molecule has 2 saturated carbocycles. The van der Waals surface area contributed by atoms with Gasteiger partial charge in [0.1, 0.15) is 18.1 Å². The second kappa shape index (κ2) is 31.5. The number of phosphoric acid groups is 2. The number of ketones is 2. The van der Waals surface area contributed by atoms with Crippen LogP contribution in [0.3, 0.4) is 0 Å². The Morgan fingerprint density at radius 1 is 0.570 bits per heavy atom. The summed E-state index contributed by atoms with van der Waals surface area (Å²) in [5.74, 6) is -0.387. The van der Waals surface area contributed by atoms with Gasteiger partial charge in [0.05, 0.1) is 42.5 Å². The minimum atomic E-state index is -5.12. The van der Waals surface area contributed by atoms with Crippen molar-refractivity contribution >= 4 is 39.0 Å². The first-order valence-corrected chi connectivity index (χ1v) is 31.6. The van der Waals surface area contributed by atoms with E-state index in [4.69, 9.17) is 13.6 Å². The number of phosphoric ester groups is 2. The summed E-state index contributed by atoms with van der Waals surface area (Å²) in [6.45, 7) is 17.5. The van der Waals surface area contributed by atoms with Crippen molar-refractivity contribution < 1.29 is 115 Å².